The van der Waals surface area contributed by atoms with Crippen molar-refractivity contribution in [1.82, 2.24) is 0 Å². The second kappa shape index (κ2) is 8.71. The number of aryl methyl sites for hydroxylation is 1. The Morgan fingerprint density at radius 2 is 1.24 bits per heavy atom. The Kier molecular flexibility index (Phi) is 5.27. The van der Waals surface area contributed by atoms with Gasteiger partial charge in [0.05, 0.1) is 0 Å². The standard InChI is InChI=1S/C38H32/c1-23-12-9-19-30(24(23)2)37-25(3)29-16-7-8-18-33(29)38(37)34-21-11-15-28-22-35(26(4)36(28)34)32-20-10-14-27-13-5-6-17-31(27)32/h5-22,26,38H,1-4H3. The highest BCUT2D eigenvalue weighted by molar-refractivity contribution is 6.04. The zero-order valence-electron chi connectivity index (χ0n) is 22.5. The quantitative estimate of drug-likeness (QED) is 0.237. The molecule has 0 fully saturated rings. The molecule has 2 aliphatic carbocycles. The molecule has 7 rings (SSSR count). The van der Waals surface area contributed by atoms with Crippen molar-refractivity contribution in [2.75, 3.05) is 0 Å². The Morgan fingerprint density at radius 1 is 0.579 bits per heavy atom. The van der Waals surface area contributed by atoms with E-state index in [2.05, 4.69) is 137 Å². The summed E-state index contributed by atoms with van der Waals surface area (Å²) >= 11 is 0. The van der Waals surface area contributed by atoms with Gasteiger partial charge in [0.15, 0.2) is 0 Å². The van der Waals surface area contributed by atoms with Crippen molar-refractivity contribution >= 4 is 33.6 Å². The minimum absolute atomic E-state index is 0.226. The van der Waals surface area contributed by atoms with Gasteiger partial charge in [-0.1, -0.05) is 116 Å². The first kappa shape index (κ1) is 23.0. The molecule has 0 N–H and O–H groups in total. The number of allylic oxidation sites excluding steroid dienone is 3. The molecule has 0 saturated carbocycles. The fraction of sp³-hybridized carbons (Fsp3) is 0.158. The van der Waals surface area contributed by atoms with E-state index >= 15 is 0 Å². The van der Waals surface area contributed by atoms with Crippen LogP contribution in [0.2, 0.25) is 0 Å². The van der Waals surface area contributed by atoms with Crippen LogP contribution in [0.4, 0.5) is 0 Å². The van der Waals surface area contributed by atoms with E-state index in [-0.39, 0.29) is 5.92 Å². The van der Waals surface area contributed by atoms with Crippen molar-refractivity contribution in [3.63, 3.8) is 0 Å². The summed E-state index contributed by atoms with van der Waals surface area (Å²) in [4.78, 5) is 0. The maximum Gasteiger partial charge on any atom is 0.0358 e. The molecule has 2 atom stereocenters. The van der Waals surface area contributed by atoms with E-state index in [1.165, 1.54) is 77.6 Å². The second-order valence-electron chi connectivity index (χ2n) is 11.0. The van der Waals surface area contributed by atoms with Crippen LogP contribution in [-0.2, 0) is 0 Å². The summed E-state index contributed by atoms with van der Waals surface area (Å²) in [5, 5.41) is 2.63. The lowest BCUT2D eigenvalue weighted by atomic mass is 9.78. The Labute approximate surface area is 226 Å². The number of benzene rings is 5. The number of hydrogen-bond acceptors (Lipinski definition) is 0. The molecule has 0 heteroatoms. The summed E-state index contributed by atoms with van der Waals surface area (Å²) in [6.07, 6.45) is 2.44. The molecule has 0 aliphatic heterocycles. The molecule has 0 saturated heterocycles. The van der Waals surface area contributed by atoms with E-state index in [1.54, 1.807) is 0 Å². The molecule has 2 unspecified atom stereocenters. The van der Waals surface area contributed by atoms with E-state index in [4.69, 9.17) is 0 Å². The van der Waals surface area contributed by atoms with Crippen LogP contribution < -0.4 is 0 Å². The Bertz CT molecular complexity index is 1800. The predicted molar refractivity (Wildman–Crippen MR) is 163 cm³/mol. The Morgan fingerprint density at radius 3 is 2.13 bits per heavy atom. The molecule has 5 aromatic rings. The van der Waals surface area contributed by atoms with Crippen LogP contribution in [0.1, 0.15) is 75.8 Å². The first-order chi connectivity index (χ1) is 18.5. The van der Waals surface area contributed by atoms with E-state index in [9.17, 15) is 0 Å². The third-order valence-corrected chi connectivity index (χ3v) is 9.06. The average molecular weight is 489 g/mol. The van der Waals surface area contributed by atoms with Gasteiger partial charge in [0.2, 0.25) is 0 Å². The van der Waals surface area contributed by atoms with Gasteiger partial charge in [-0.15, -0.1) is 0 Å². The first-order valence-corrected chi connectivity index (χ1v) is 13.7. The van der Waals surface area contributed by atoms with Gasteiger partial charge in [-0.05, 0) is 98.3 Å². The van der Waals surface area contributed by atoms with Crippen LogP contribution in [0.5, 0.6) is 0 Å². The molecule has 0 bridgehead atoms. The zero-order valence-corrected chi connectivity index (χ0v) is 22.5. The highest BCUT2D eigenvalue weighted by atomic mass is 14.4. The lowest BCUT2D eigenvalue weighted by Gasteiger charge is -2.25. The molecular formula is C38H32. The average Bonchev–Trinajstić information content (AvgIpc) is 3.44. The highest BCUT2D eigenvalue weighted by Gasteiger charge is 2.36. The highest BCUT2D eigenvalue weighted by Crippen LogP contribution is 2.55. The van der Waals surface area contributed by atoms with Crippen LogP contribution >= 0.6 is 0 Å². The number of rotatable bonds is 3. The summed E-state index contributed by atoms with van der Waals surface area (Å²) in [6, 6.07) is 38.3. The smallest absolute Gasteiger partial charge is 0.0358 e. The van der Waals surface area contributed by atoms with Gasteiger partial charge in [-0.2, -0.15) is 0 Å². The first-order valence-electron chi connectivity index (χ1n) is 13.7. The molecule has 38 heavy (non-hydrogen) atoms. The van der Waals surface area contributed by atoms with Gasteiger partial charge < -0.3 is 0 Å². The summed E-state index contributed by atoms with van der Waals surface area (Å²) in [5.41, 5.74) is 16.9. The fourth-order valence-corrected chi connectivity index (χ4v) is 7.05. The molecule has 0 heterocycles. The molecule has 2 aliphatic rings. The van der Waals surface area contributed by atoms with Gasteiger partial charge in [-0.3, -0.25) is 0 Å². The second-order valence-corrected chi connectivity index (χ2v) is 11.0. The number of fused-ring (bicyclic) bond motifs is 3. The van der Waals surface area contributed by atoms with Crippen molar-refractivity contribution in [2.24, 2.45) is 0 Å². The molecule has 0 nitrogen and oxygen atoms in total. The number of hydrogen-bond donors (Lipinski definition) is 0. The minimum atomic E-state index is 0.226. The van der Waals surface area contributed by atoms with Gasteiger partial charge in [-0.25, -0.2) is 0 Å². The van der Waals surface area contributed by atoms with Crippen molar-refractivity contribution < 1.29 is 0 Å². The summed E-state index contributed by atoms with van der Waals surface area (Å²) in [6.45, 7) is 9.23. The van der Waals surface area contributed by atoms with Crippen molar-refractivity contribution in [1.29, 1.82) is 0 Å². The molecule has 184 valence electrons. The summed E-state index contributed by atoms with van der Waals surface area (Å²) in [5.74, 6) is 0.546. The van der Waals surface area contributed by atoms with Crippen LogP contribution in [0.25, 0.3) is 33.6 Å². The topological polar surface area (TPSA) is 0 Å². The molecule has 0 amide bonds. The molecule has 0 radical (unpaired) electrons. The van der Waals surface area contributed by atoms with Crippen LogP contribution in [-0.4, -0.2) is 0 Å². The minimum Gasteiger partial charge on any atom is -0.0619 e. The largest absolute Gasteiger partial charge is 0.0619 e. The van der Waals surface area contributed by atoms with Crippen LogP contribution in [0.3, 0.4) is 0 Å². The van der Waals surface area contributed by atoms with E-state index in [1.807, 2.05) is 0 Å². The third-order valence-electron chi connectivity index (χ3n) is 9.06. The monoisotopic (exact) mass is 488 g/mol. The van der Waals surface area contributed by atoms with E-state index < -0.39 is 0 Å². The van der Waals surface area contributed by atoms with Gasteiger partial charge >= 0.3 is 0 Å². The molecule has 5 aromatic carbocycles. The summed E-state index contributed by atoms with van der Waals surface area (Å²) in [7, 11) is 0. The maximum absolute atomic E-state index is 2.44. The molecule has 0 spiro atoms. The van der Waals surface area contributed by atoms with E-state index in [0.29, 0.717) is 5.92 Å². The zero-order chi connectivity index (χ0) is 26.0. The molecular weight excluding hydrogens is 456 g/mol. The lowest BCUT2D eigenvalue weighted by molar-refractivity contribution is 0.943. The Hall–Kier alpha value is -4.16. The molecule has 0 aromatic heterocycles. The summed E-state index contributed by atoms with van der Waals surface area (Å²) < 4.78 is 0. The van der Waals surface area contributed by atoms with Crippen LogP contribution in [0.15, 0.2) is 103 Å². The van der Waals surface area contributed by atoms with Crippen molar-refractivity contribution in [3.05, 3.63) is 153 Å². The maximum atomic E-state index is 2.44. The van der Waals surface area contributed by atoms with E-state index in [0.717, 1.165) is 0 Å². The van der Waals surface area contributed by atoms with Crippen molar-refractivity contribution in [3.8, 4) is 0 Å². The predicted octanol–water partition coefficient (Wildman–Crippen LogP) is 10.2. The SMILES string of the molecule is CC1=C(c2cccc(C)c2C)C(c2cccc3c2C(C)C(c2cccc4ccccc24)=C3)c2ccccc21. The fourth-order valence-electron chi connectivity index (χ4n) is 7.05. The Balaban J connectivity index is 1.43. The van der Waals surface area contributed by atoms with Gasteiger partial charge in [0.25, 0.3) is 0 Å². The lowest BCUT2D eigenvalue weighted by Crippen LogP contribution is -2.08. The van der Waals surface area contributed by atoms with Crippen molar-refractivity contribution in [2.45, 2.75) is 39.5 Å². The third kappa shape index (κ3) is 3.30. The van der Waals surface area contributed by atoms with Gasteiger partial charge in [0.1, 0.15) is 0 Å². The van der Waals surface area contributed by atoms with Crippen LogP contribution in [0, 0.1) is 13.8 Å². The normalized spacial score (nSPS) is 18.1. The van der Waals surface area contributed by atoms with Gasteiger partial charge in [0, 0.05) is 11.8 Å².